The van der Waals surface area contributed by atoms with E-state index in [9.17, 15) is 19.3 Å². The van der Waals surface area contributed by atoms with Crippen molar-refractivity contribution in [1.82, 2.24) is 0 Å². The maximum absolute atomic E-state index is 12.9. The van der Waals surface area contributed by atoms with Crippen LogP contribution in [0.25, 0.3) is 0 Å². The van der Waals surface area contributed by atoms with Crippen LogP contribution in [-0.4, -0.2) is 17.9 Å². The van der Waals surface area contributed by atoms with Crippen molar-refractivity contribution < 1.29 is 14.1 Å². The first-order valence-corrected chi connectivity index (χ1v) is 6.25. The maximum Gasteiger partial charge on any atom is 0.288 e. The molecule has 0 aliphatic heterocycles. The van der Waals surface area contributed by atoms with Gasteiger partial charge in [0, 0.05) is 24.4 Å². The van der Waals surface area contributed by atoms with E-state index in [1.807, 2.05) is 0 Å². The fourth-order valence-corrected chi connectivity index (χ4v) is 1.95. The molecule has 0 aliphatic rings. The normalized spacial score (nSPS) is 10.2. The highest BCUT2D eigenvalue weighted by molar-refractivity contribution is 6.32. The SMILES string of the molecule is CN(C(=O)c1ccc(Cl)c([N+](=O)[O-])c1)c1ccc(F)cc1. The first-order valence-electron chi connectivity index (χ1n) is 5.87. The van der Waals surface area contributed by atoms with E-state index in [0.29, 0.717) is 5.69 Å². The summed E-state index contributed by atoms with van der Waals surface area (Å²) in [6.45, 7) is 0. The Morgan fingerprint density at radius 1 is 1.24 bits per heavy atom. The molecule has 2 aromatic carbocycles. The Balaban J connectivity index is 2.33. The van der Waals surface area contributed by atoms with Gasteiger partial charge in [-0.3, -0.25) is 14.9 Å². The van der Waals surface area contributed by atoms with Gasteiger partial charge in [0.1, 0.15) is 10.8 Å². The number of halogens is 2. The van der Waals surface area contributed by atoms with Crippen molar-refractivity contribution in [3.8, 4) is 0 Å². The third-order valence-corrected chi connectivity index (χ3v) is 3.23. The second kappa shape index (κ2) is 5.88. The second-order valence-electron chi connectivity index (χ2n) is 4.26. The summed E-state index contributed by atoms with van der Waals surface area (Å²) in [5.41, 5.74) is 0.256. The fourth-order valence-electron chi connectivity index (χ4n) is 1.76. The molecule has 0 heterocycles. The molecule has 0 aliphatic carbocycles. The van der Waals surface area contributed by atoms with Crippen LogP contribution in [0.15, 0.2) is 42.5 Å². The number of nitrogens with zero attached hydrogens (tertiary/aromatic N) is 2. The van der Waals surface area contributed by atoms with Crippen LogP contribution in [0.1, 0.15) is 10.4 Å². The quantitative estimate of drug-likeness (QED) is 0.642. The molecule has 2 aromatic rings. The highest BCUT2D eigenvalue weighted by Gasteiger charge is 2.19. The summed E-state index contributed by atoms with van der Waals surface area (Å²) >= 11 is 5.70. The first kappa shape index (κ1) is 14.9. The molecule has 0 fully saturated rings. The molecule has 0 unspecified atom stereocenters. The van der Waals surface area contributed by atoms with Crippen LogP contribution in [0.2, 0.25) is 5.02 Å². The molecule has 0 N–H and O–H groups in total. The molecule has 0 radical (unpaired) electrons. The number of hydrogen-bond donors (Lipinski definition) is 0. The van der Waals surface area contributed by atoms with Gasteiger partial charge in [0.25, 0.3) is 11.6 Å². The Morgan fingerprint density at radius 2 is 1.86 bits per heavy atom. The lowest BCUT2D eigenvalue weighted by Gasteiger charge is -2.17. The van der Waals surface area contributed by atoms with E-state index in [0.717, 1.165) is 6.07 Å². The van der Waals surface area contributed by atoms with Gasteiger partial charge in [-0.2, -0.15) is 0 Å². The van der Waals surface area contributed by atoms with Crippen LogP contribution in [0.4, 0.5) is 15.8 Å². The van der Waals surface area contributed by atoms with Gasteiger partial charge >= 0.3 is 0 Å². The van der Waals surface area contributed by atoms with Crippen LogP contribution < -0.4 is 4.90 Å². The number of nitro benzene ring substituents is 1. The van der Waals surface area contributed by atoms with Gasteiger partial charge in [0.15, 0.2) is 0 Å². The minimum atomic E-state index is -0.656. The lowest BCUT2D eigenvalue weighted by atomic mass is 10.1. The Bertz CT molecular complexity index is 704. The number of anilines is 1. The molecule has 0 saturated carbocycles. The van der Waals surface area contributed by atoms with Gasteiger partial charge in [-0.1, -0.05) is 11.6 Å². The zero-order valence-corrected chi connectivity index (χ0v) is 11.7. The van der Waals surface area contributed by atoms with Crippen molar-refractivity contribution >= 4 is 28.9 Å². The van der Waals surface area contributed by atoms with Gasteiger partial charge in [0.2, 0.25) is 0 Å². The molecule has 0 bridgehead atoms. The second-order valence-corrected chi connectivity index (χ2v) is 4.67. The van der Waals surface area contributed by atoms with Crippen molar-refractivity contribution in [3.63, 3.8) is 0 Å². The van der Waals surface area contributed by atoms with Crippen molar-refractivity contribution in [2.24, 2.45) is 0 Å². The predicted molar refractivity (Wildman–Crippen MR) is 77.2 cm³/mol. The number of nitro groups is 1. The van der Waals surface area contributed by atoms with Gasteiger partial charge in [-0.15, -0.1) is 0 Å². The monoisotopic (exact) mass is 308 g/mol. The molecule has 2 rings (SSSR count). The van der Waals surface area contributed by atoms with Crippen LogP contribution in [0.5, 0.6) is 0 Å². The Labute approximate surface area is 124 Å². The van der Waals surface area contributed by atoms with E-state index >= 15 is 0 Å². The van der Waals surface area contributed by atoms with Crippen LogP contribution in [0.3, 0.4) is 0 Å². The molecular formula is C14H10ClFN2O3. The maximum atomic E-state index is 12.9. The molecule has 1 amide bonds. The zero-order valence-electron chi connectivity index (χ0n) is 10.9. The van der Waals surface area contributed by atoms with Gasteiger partial charge < -0.3 is 4.90 Å². The summed E-state index contributed by atoms with van der Waals surface area (Å²) < 4.78 is 12.9. The number of amides is 1. The lowest BCUT2D eigenvalue weighted by Crippen LogP contribution is -2.26. The molecule has 0 spiro atoms. The van der Waals surface area contributed by atoms with Crippen molar-refractivity contribution in [1.29, 1.82) is 0 Å². The number of hydrogen-bond acceptors (Lipinski definition) is 3. The third-order valence-electron chi connectivity index (χ3n) is 2.91. The zero-order chi connectivity index (χ0) is 15.6. The number of benzene rings is 2. The minimum absolute atomic E-state index is 0.0408. The number of carbonyl (C=O) groups is 1. The summed E-state index contributed by atoms with van der Waals surface area (Å²) in [6, 6.07) is 9.15. The predicted octanol–water partition coefficient (Wildman–Crippen LogP) is 3.66. The largest absolute Gasteiger partial charge is 0.311 e. The topological polar surface area (TPSA) is 63.5 Å². The average Bonchev–Trinajstić information content (AvgIpc) is 2.46. The number of carbonyl (C=O) groups excluding carboxylic acids is 1. The van der Waals surface area contributed by atoms with Crippen LogP contribution in [-0.2, 0) is 0 Å². The van der Waals surface area contributed by atoms with Crippen LogP contribution >= 0.6 is 11.6 Å². The number of rotatable bonds is 3. The molecule has 108 valence electrons. The molecule has 0 saturated heterocycles. The molecule has 7 heteroatoms. The van der Waals surface area contributed by atoms with E-state index in [2.05, 4.69) is 0 Å². The average molecular weight is 309 g/mol. The summed E-state index contributed by atoms with van der Waals surface area (Å²) in [4.78, 5) is 23.7. The summed E-state index contributed by atoms with van der Waals surface area (Å²) in [7, 11) is 1.50. The van der Waals surface area contributed by atoms with E-state index in [4.69, 9.17) is 11.6 Å². The molecule has 21 heavy (non-hydrogen) atoms. The Hall–Kier alpha value is -2.47. The van der Waals surface area contributed by atoms with Gasteiger partial charge in [-0.25, -0.2) is 4.39 Å². The molecule has 5 nitrogen and oxygen atoms in total. The highest BCUT2D eigenvalue weighted by Crippen LogP contribution is 2.26. The standard InChI is InChI=1S/C14H10ClFN2O3/c1-17(11-5-3-10(16)4-6-11)14(19)9-2-7-12(15)13(8-9)18(20)21/h2-8H,1H3. The summed E-state index contributed by atoms with van der Waals surface area (Å²) in [5, 5.41) is 10.8. The van der Waals surface area contributed by atoms with Gasteiger partial charge in [-0.05, 0) is 36.4 Å². The molecule has 0 aromatic heterocycles. The van der Waals surface area contributed by atoms with Crippen LogP contribution in [0, 0.1) is 15.9 Å². The Morgan fingerprint density at radius 3 is 2.43 bits per heavy atom. The van der Waals surface area contributed by atoms with E-state index in [1.54, 1.807) is 0 Å². The van der Waals surface area contributed by atoms with E-state index < -0.39 is 16.6 Å². The van der Waals surface area contributed by atoms with Crippen molar-refractivity contribution in [2.45, 2.75) is 0 Å². The Kier molecular flexibility index (Phi) is 4.18. The van der Waals surface area contributed by atoms with Crippen molar-refractivity contribution in [3.05, 3.63) is 69.0 Å². The van der Waals surface area contributed by atoms with Crippen molar-refractivity contribution in [2.75, 3.05) is 11.9 Å². The first-order chi connectivity index (χ1) is 9.90. The fraction of sp³-hybridized carbons (Fsp3) is 0.0714. The molecular weight excluding hydrogens is 299 g/mol. The molecule has 0 atom stereocenters. The summed E-state index contributed by atoms with van der Waals surface area (Å²) in [6.07, 6.45) is 0. The minimum Gasteiger partial charge on any atom is -0.311 e. The van der Waals surface area contributed by atoms with E-state index in [1.165, 1.54) is 48.3 Å². The smallest absolute Gasteiger partial charge is 0.288 e. The van der Waals surface area contributed by atoms with E-state index in [-0.39, 0.29) is 16.3 Å². The van der Waals surface area contributed by atoms with Gasteiger partial charge in [0.05, 0.1) is 4.92 Å². The summed E-state index contributed by atoms with van der Waals surface area (Å²) in [5.74, 6) is -0.872. The highest BCUT2D eigenvalue weighted by atomic mass is 35.5. The third kappa shape index (κ3) is 3.17. The lowest BCUT2D eigenvalue weighted by molar-refractivity contribution is -0.384.